The Morgan fingerprint density at radius 3 is 2.38 bits per heavy atom. The van der Waals surface area contributed by atoms with E-state index in [4.69, 9.17) is 5.11 Å². The second-order valence-electron chi connectivity index (χ2n) is 7.28. The van der Waals surface area contributed by atoms with Crippen molar-refractivity contribution in [1.29, 1.82) is 0 Å². The quantitative estimate of drug-likeness (QED) is 0.695. The molecule has 1 saturated heterocycles. The number of rotatable bonds is 5. The Labute approximate surface area is 168 Å². The molecular formula is C22H22N4O3. The van der Waals surface area contributed by atoms with Gasteiger partial charge in [-0.3, -0.25) is 4.79 Å². The number of anilines is 1. The lowest BCUT2D eigenvalue weighted by atomic mass is 9.97. The van der Waals surface area contributed by atoms with Crippen molar-refractivity contribution in [3.63, 3.8) is 0 Å². The van der Waals surface area contributed by atoms with Crippen LogP contribution in [0.1, 0.15) is 33.6 Å². The summed E-state index contributed by atoms with van der Waals surface area (Å²) in [5, 5.41) is 14.2. The zero-order valence-electron chi connectivity index (χ0n) is 15.9. The standard InChI is InChI=1S/C22H22N4O3/c27-20(18-6-5-16-3-1-2-4-17(16)11-18)23-12-15-7-9-26(10-8-15)22-24-13-19(14-25-22)21(28)29/h1-6,11,13-15H,7-10,12H2,(H,23,27)(H,28,29). The van der Waals surface area contributed by atoms with Gasteiger partial charge in [0.1, 0.15) is 0 Å². The van der Waals surface area contributed by atoms with Crippen molar-refractivity contribution < 1.29 is 14.7 Å². The third-order valence-corrected chi connectivity index (χ3v) is 5.35. The van der Waals surface area contributed by atoms with Crippen LogP contribution >= 0.6 is 0 Å². The van der Waals surface area contributed by atoms with Crippen LogP contribution in [0.4, 0.5) is 5.95 Å². The number of benzene rings is 2. The molecule has 2 N–H and O–H groups in total. The molecule has 0 atom stereocenters. The predicted molar refractivity (Wildman–Crippen MR) is 110 cm³/mol. The van der Waals surface area contributed by atoms with E-state index in [0.29, 0.717) is 24.0 Å². The van der Waals surface area contributed by atoms with Gasteiger partial charge in [0.25, 0.3) is 5.91 Å². The third-order valence-electron chi connectivity index (χ3n) is 5.35. The van der Waals surface area contributed by atoms with Crippen LogP contribution in [0, 0.1) is 5.92 Å². The number of carboxylic acids is 1. The largest absolute Gasteiger partial charge is 0.478 e. The van der Waals surface area contributed by atoms with Gasteiger partial charge < -0.3 is 15.3 Å². The molecule has 2 aromatic carbocycles. The Hall–Kier alpha value is -3.48. The molecule has 1 fully saturated rings. The highest BCUT2D eigenvalue weighted by Crippen LogP contribution is 2.20. The number of carbonyl (C=O) groups excluding carboxylic acids is 1. The molecule has 0 aliphatic carbocycles. The van der Waals surface area contributed by atoms with Crippen LogP contribution in [0.15, 0.2) is 54.9 Å². The minimum atomic E-state index is -1.03. The monoisotopic (exact) mass is 390 g/mol. The summed E-state index contributed by atoms with van der Waals surface area (Å²) in [5.74, 6) is -0.134. The molecule has 1 amide bonds. The number of carboxylic acid groups (broad SMARTS) is 1. The molecule has 2 heterocycles. The second-order valence-corrected chi connectivity index (χ2v) is 7.28. The van der Waals surface area contributed by atoms with Gasteiger partial charge in [0.05, 0.1) is 5.56 Å². The Morgan fingerprint density at radius 1 is 1.00 bits per heavy atom. The summed E-state index contributed by atoms with van der Waals surface area (Å²) in [6.45, 7) is 2.20. The number of nitrogens with zero attached hydrogens (tertiary/aromatic N) is 3. The average molecular weight is 390 g/mol. The molecular weight excluding hydrogens is 368 g/mol. The van der Waals surface area contributed by atoms with Gasteiger partial charge in [-0.15, -0.1) is 0 Å². The molecule has 3 aromatic rings. The van der Waals surface area contributed by atoms with Crippen molar-refractivity contribution in [2.24, 2.45) is 5.92 Å². The topological polar surface area (TPSA) is 95.4 Å². The van der Waals surface area contributed by atoms with Crippen LogP contribution in [-0.2, 0) is 0 Å². The van der Waals surface area contributed by atoms with Crippen molar-refractivity contribution in [2.75, 3.05) is 24.5 Å². The summed E-state index contributed by atoms with van der Waals surface area (Å²) in [4.78, 5) is 33.8. The van der Waals surface area contributed by atoms with E-state index < -0.39 is 5.97 Å². The molecule has 7 nitrogen and oxygen atoms in total. The van der Waals surface area contributed by atoms with Gasteiger partial charge in [0, 0.05) is 37.6 Å². The maximum Gasteiger partial charge on any atom is 0.338 e. The molecule has 1 aromatic heterocycles. The van der Waals surface area contributed by atoms with Gasteiger partial charge in [0.15, 0.2) is 0 Å². The summed E-state index contributed by atoms with van der Waals surface area (Å²) < 4.78 is 0. The van der Waals surface area contributed by atoms with Gasteiger partial charge in [-0.25, -0.2) is 14.8 Å². The lowest BCUT2D eigenvalue weighted by molar-refractivity contribution is 0.0695. The molecule has 7 heteroatoms. The Morgan fingerprint density at radius 2 is 1.69 bits per heavy atom. The van der Waals surface area contributed by atoms with Gasteiger partial charge >= 0.3 is 5.97 Å². The zero-order valence-corrected chi connectivity index (χ0v) is 15.9. The Balaban J connectivity index is 1.29. The highest BCUT2D eigenvalue weighted by atomic mass is 16.4. The van der Waals surface area contributed by atoms with Crippen LogP contribution in [0.5, 0.6) is 0 Å². The molecule has 148 valence electrons. The highest BCUT2D eigenvalue weighted by molar-refractivity contribution is 5.98. The normalized spacial score (nSPS) is 14.7. The predicted octanol–water partition coefficient (Wildman–Crippen LogP) is 2.97. The van der Waals surface area contributed by atoms with Gasteiger partial charge in [-0.1, -0.05) is 30.3 Å². The summed E-state index contributed by atoms with van der Waals surface area (Å²) in [7, 11) is 0. The number of hydrogen-bond acceptors (Lipinski definition) is 5. The fourth-order valence-corrected chi connectivity index (χ4v) is 3.60. The van der Waals surface area contributed by atoms with Crippen molar-refractivity contribution in [1.82, 2.24) is 15.3 Å². The highest BCUT2D eigenvalue weighted by Gasteiger charge is 2.22. The first-order chi connectivity index (χ1) is 14.1. The molecule has 1 aliphatic heterocycles. The number of hydrogen-bond donors (Lipinski definition) is 2. The minimum Gasteiger partial charge on any atom is -0.478 e. The van der Waals surface area contributed by atoms with E-state index in [1.165, 1.54) is 12.4 Å². The number of carbonyl (C=O) groups is 2. The fraction of sp³-hybridized carbons (Fsp3) is 0.273. The van der Waals surface area contributed by atoms with E-state index in [1.807, 2.05) is 47.4 Å². The van der Waals surface area contributed by atoms with E-state index in [0.717, 1.165) is 36.7 Å². The summed E-state index contributed by atoms with van der Waals surface area (Å²) >= 11 is 0. The maximum absolute atomic E-state index is 12.5. The van der Waals surface area contributed by atoms with Gasteiger partial charge in [0.2, 0.25) is 5.95 Å². The number of aromatic carboxylic acids is 1. The first kappa shape index (κ1) is 18.9. The summed E-state index contributed by atoms with van der Waals surface area (Å²) in [6, 6.07) is 13.7. The lowest BCUT2D eigenvalue weighted by Gasteiger charge is -2.32. The Bertz CT molecular complexity index is 1030. The van der Waals surface area contributed by atoms with Crippen LogP contribution in [0.3, 0.4) is 0 Å². The fourth-order valence-electron chi connectivity index (χ4n) is 3.60. The van der Waals surface area contributed by atoms with Crippen LogP contribution < -0.4 is 10.2 Å². The van der Waals surface area contributed by atoms with E-state index >= 15 is 0 Å². The second kappa shape index (κ2) is 8.26. The number of amides is 1. The van der Waals surface area contributed by atoms with Gasteiger partial charge in [-0.05, 0) is 41.7 Å². The van der Waals surface area contributed by atoms with Crippen molar-refractivity contribution >= 4 is 28.6 Å². The van der Waals surface area contributed by atoms with Crippen LogP contribution in [0.25, 0.3) is 10.8 Å². The van der Waals surface area contributed by atoms with Crippen LogP contribution in [-0.4, -0.2) is 46.6 Å². The van der Waals surface area contributed by atoms with Crippen molar-refractivity contribution in [3.05, 3.63) is 66.0 Å². The molecule has 0 bridgehead atoms. The number of piperidine rings is 1. The van der Waals surface area contributed by atoms with E-state index in [1.54, 1.807) is 0 Å². The first-order valence-electron chi connectivity index (χ1n) is 9.67. The smallest absolute Gasteiger partial charge is 0.338 e. The third kappa shape index (κ3) is 4.34. The van der Waals surface area contributed by atoms with E-state index in [-0.39, 0.29) is 11.5 Å². The zero-order chi connectivity index (χ0) is 20.2. The van der Waals surface area contributed by atoms with Crippen molar-refractivity contribution in [3.8, 4) is 0 Å². The number of fused-ring (bicyclic) bond motifs is 1. The van der Waals surface area contributed by atoms with E-state index in [9.17, 15) is 9.59 Å². The lowest BCUT2D eigenvalue weighted by Crippen LogP contribution is -2.39. The Kier molecular flexibility index (Phi) is 5.37. The summed E-state index contributed by atoms with van der Waals surface area (Å²) in [6.07, 6.45) is 4.51. The van der Waals surface area contributed by atoms with E-state index in [2.05, 4.69) is 15.3 Å². The SMILES string of the molecule is O=C(O)c1cnc(N2CCC(CNC(=O)c3ccc4ccccc4c3)CC2)nc1. The molecule has 0 radical (unpaired) electrons. The number of nitrogens with one attached hydrogen (secondary N) is 1. The molecule has 0 spiro atoms. The molecule has 29 heavy (non-hydrogen) atoms. The molecule has 0 unspecified atom stereocenters. The maximum atomic E-state index is 12.5. The van der Waals surface area contributed by atoms with Gasteiger partial charge in [-0.2, -0.15) is 0 Å². The van der Waals surface area contributed by atoms with Crippen molar-refractivity contribution in [2.45, 2.75) is 12.8 Å². The first-order valence-corrected chi connectivity index (χ1v) is 9.67. The van der Waals surface area contributed by atoms with Crippen LogP contribution in [0.2, 0.25) is 0 Å². The molecule has 4 rings (SSSR count). The number of aromatic nitrogens is 2. The minimum absolute atomic E-state index is 0.0502. The molecule has 0 saturated carbocycles. The molecule has 1 aliphatic rings. The average Bonchev–Trinajstić information content (AvgIpc) is 2.77. The summed E-state index contributed by atoms with van der Waals surface area (Å²) in [5.41, 5.74) is 0.757.